The number of ether oxygens (including phenoxy) is 1. The van der Waals surface area contributed by atoms with Gasteiger partial charge in [-0.25, -0.2) is 0 Å². The van der Waals surface area contributed by atoms with E-state index in [0.717, 1.165) is 63.7 Å². The molecular formula is C31H41N5O4S. The highest BCUT2D eigenvalue weighted by molar-refractivity contribution is 7.19. The lowest BCUT2D eigenvalue weighted by Gasteiger charge is -2.36. The third-order valence-corrected chi connectivity index (χ3v) is 9.73. The summed E-state index contributed by atoms with van der Waals surface area (Å²) >= 11 is 1.49. The van der Waals surface area contributed by atoms with Crippen LogP contribution >= 0.6 is 11.3 Å². The van der Waals surface area contributed by atoms with Gasteiger partial charge in [-0.15, -0.1) is 11.3 Å². The van der Waals surface area contributed by atoms with Crippen molar-refractivity contribution >= 4 is 39.2 Å². The van der Waals surface area contributed by atoms with Gasteiger partial charge in [0.2, 0.25) is 11.8 Å². The number of amides is 2. The van der Waals surface area contributed by atoms with Crippen LogP contribution in [0.5, 0.6) is 0 Å². The molecule has 2 aromatic heterocycles. The Labute approximate surface area is 245 Å². The number of aryl methyl sites for hydroxylation is 2. The van der Waals surface area contributed by atoms with Crippen molar-refractivity contribution in [2.24, 2.45) is 5.73 Å². The molecule has 2 saturated heterocycles. The van der Waals surface area contributed by atoms with Gasteiger partial charge in [-0.05, 0) is 51.5 Å². The lowest BCUT2D eigenvalue weighted by atomic mass is 9.90. The molecular weight excluding hydrogens is 538 g/mol. The molecule has 2 aliphatic rings. The van der Waals surface area contributed by atoms with E-state index >= 15 is 0 Å². The molecule has 0 aliphatic carbocycles. The predicted molar refractivity (Wildman–Crippen MR) is 163 cm³/mol. The number of hydrogen-bond acceptors (Lipinski definition) is 7. The maximum absolute atomic E-state index is 13.9. The van der Waals surface area contributed by atoms with Crippen molar-refractivity contribution in [3.05, 3.63) is 45.8 Å². The number of aromatic amines is 1. The number of thiophene rings is 1. The SMILES string of the molecule is Cc1cc(C)cc(-c2[nH]c3sc(C(C)(C)C(N)=O)cc3c2C(=O)CCN2CCN(CC(=O)N3CCOCC3)CC2)c1. The fourth-order valence-electron chi connectivity index (χ4n) is 5.69. The number of hydrogen-bond donors (Lipinski definition) is 2. The number of benzene rings is 1. The molecule has 0 saturated carbocycles. The van der Waals surface area contributed by atoms with E-state index in [2.05, 4.69) is 46.8 Å². The third kappa shape index (κ3) is 6.40. The molecule has 1 aromatic carbocycles. The molecule has 3 aromatic rings. The van der Waals surface area contributed by atoms with Gasteiger partial charge >= 0.3 is 0 Å². The van der Waals surface area contributed by atoms with Crippen molar-refractivity contribution in [3.63, 3.8) is 0 Å². The smallest absolute Gasteiger partial charge is 0.236 e. The van der Waals surface area contributed by atoms with Gasteiger partial charge in [-0.2, -0.15) is 0 Å². The molecule has 41 heavy (non-hydrogen) atoms. The molecule has 9 nitrogen and oxygen atoms in total. The van der Waals surface area contributed by atoms with E-state index in [9.17, 15) is 14.4 Å². The number of ketones is 1. The first-order chi connectivity index (χ1) is 19.5. The minimum Gasteiger partial charge on any atom is -0.378 e. The van der Waals surface area contributed by atoms with Gasteiger partial charge in [-0.3, -0.25) is 19.3 Å². The topological polar surface area (TPSA) is 112 Å². The van der Waals surface area contributed by atoms with Crippen LogP contribution in [0.4, 0.5) is 0 Å². The second-order valence-electron chi connectivity index (χ2n) is 11.9. The molecule has 0 bridgehead atoms. The lowest BCUT2D eigenvalue weighted by Crippen LogP contribution is -2.51. The predicted octanol–water partition coefficient (Wildman–Crippen LogP) is 3.33. The van der Waals surface area contributed by atoms with Crippen LogP contribution in [0.25, 0.3) is 21.5 Å². The summed E-state index contributed by atoms with van der Waals surface area (Å²) in [7, 11) is 0. The molecule has 10 heteroatoms. The number of nitrogens with zero attached hydrogens (tertiary/aromatic N) is 3. The standard InChI is InChI=1S/C31H41N5O4S/c1-20-15-21(2)17-22(16-20)28-27(23-18-25(41-29(23)33-28)31(3,4)30(32)39)24(37)5-6-34-7-9-35(10-8-34)19-26(38)36-11-13-40-14-12-36/h15-18,33H,5-14,19H2,1-4H3,(H2,32,39). The van der Waals surface area contributed by atoms with Gasteiger partial charge in [0, 0.05) is 62.5 Å². The lowest BCUT2D eigenvalue weighted by molar-refractivity contribution is -0.136. The summed E-state index contributed by atoms with van der Waals surface area (Å²) in [6.45, 7) is 14.7. The van der Waals surface area contributed by atoms with Gasteiger partial charge in [0.1, 0.15) is 4.83 Å². The highest BCUT2D eigenvalue weighted by Crippen LogP contribution is 2.40. The minimum atomic E-state index is -0.826. The number of Topliss-reactive ketones (excluding diaryl/α,β-unsaturated/α-hetero) is 1. The number of fused-ring (bicyclic) bond motifs is 1. The highest BCUT2D eigenvalue weighted by Gasteiger charge is 2.32. The summed E-state index contributed by atoms with van der Waals surface area (Å²) in [4.78, 5) is 50.3. The molecule has 5 rings (SSSR count). The van der Waals surface area contributed by atoms with Gasteiger partial charge in [0.15, 0.2) is 5.78 Å². The van der Waals surface area contributed by atoms with Crippen molar-refractivity contribution < 1.29 is 19.1 Å². The minimum absolute atomic E-state index is 0.0802. The van der Waals surface area contributed by atoms with E-state index in [0.29, 0.717) is 51.4 Å². The van der Waals surface area contributed by atoms with Crippen molar-refractivity contribution in [1.29, 1.82) is 0 Å². The molecule has 2 aliphatic heterocycles. The Morgan fingerprint density at radius 1 is 0.951 bits per heavy atom. The maximum Gasteiger partial charge on any atom is 0.236 e. The summed E-state index contributed by atoms with van der Waals surface area (Å²) in [6, 6.07) is 8.29. The Hall–Kier alpha value is -3.05. The molecule has 220 valence electrons. The van der Waals surface area contributed by atoms with E-state index in [4.69, 9.17) is 10.5 Å². The molecule has 0 spiro atoms. The number of H-pyrrole nitrogens is 1. The van der Waals surface area contributed by atoms with Crippen LogP contribution in [-0.2, 0) is 19.7 Å². The fourth-order valence-corrected chi connectivity index (χ4v) is 6.87. The van der Waals surface area contributed by atoms with E-state index in [1.807, 2.05) is 24.8 Å². The van der Waals surface area contributed by atoms with E-state index in [-0.39, 0.29) is 11.7 Å². The fraction of sp³-hybridized carbons (Fsp3) is 0.516. The number of carbonyl (C=O) groups excluding carboxylic acids is 3. The molecule has 0 atom stereocenters. The van der Waals surface area contributed by atoms with Crippen LogP contribution in [0.1, 0.15) is 46.6 Å². The molecule has 3 N–H and O–H groups in total. The van der Waals surface area contributed by atoms with E-state index in [1.54, 1.807) is 0 Å². The molecule has 0 unspecified atom stereocenters. The second kappa shape index (κ2) is 12.1. The molecule has 2 amide bonds. The largest absolute Gasteiger partial charge is 0.378 e. The maximum atomic E-state index is 13.9. The zero-order valence-corrected chi connectivity index (χ0v) is 25.4. The summed E-state index contributed by atoms with van der Waals surface area (Å²) in [5, 5.41) is 0.852. The Kier molecular flexibility index (Phi) is 8.65. The Morgan fingerprint density at radius 3 is 2.22 bits per heavy atom. The highest BCUT2D eigenvalue weighted by atomic mass is 32.1. The molecule has 0 radical (unpaired) electrons. The Bertz CT molecular complexity index is 1420. The van der Waals surface area contributed by atoms with Gasteiger partial charge in [0.05, 0.1) is 36.4 Å². The first-order valence-electron chi connectivity index (χ1n) is 14.4. The number of piperazine rings is 1. The van der Waals surface area contributed by atoms with Crippen LogP contribution in [0.2, 0.25) is 0 Å². The van der Waals surface area contributed by atoms with Crippen molar-refractivity contribution in [1.82, 2.24) is 19.7 Å². The van der Waals surface area contributed by atoms with Crippen LogP contribution in [-0.4, -0.2) is 103 Å². The molecule has 4 heterocycles. The number of morpholine rings is 1. The number of primary amides is 1. The number of nitrogens with one attached hydrogen (secondary N) is 1. The van der Waals surface area contributed by atoms with Crippen LogP contribution < -0.4 is 5.73 Å². The van der Waals surface area contributed by atoms with Crippen molar-refractivity contribution in [2.45, 2.75) is 39.5 Å². The zero-order chi connectivity index (χ0) is 29.3. The number of carbonyl (C=O) groups is 3. The quantitative estimate of drug-likeness (QED) is 0.376. The first-order valence-corrected chi connectivity index (χ1v) is 15.2. The second-order valence-corrected chi connectivity index (χ2v) is 12.9. The Morgan fingerprint density at radius 2 is 1.59 bits per heavy atom. The number of aromatic nitrogens is 1. The van der Waals surface area contributed by atoms with Gasteiger partial charge in [0.25, 0.3) is 0 Å². The van der Waals surface area contributed by atoms with Crippen molar-refractivity contribution in [3.8, 4) is 11.3 Å². The Balaban J connectivity index is 1.30. The number of rotatable bonds is 9. The van der Waals surface area contributed by atoms with E-state index < -0.39 is 11.3 Å². The van der Waals surface area contributed by atoms with Crippen LogP contribution in [0.3, 0.4) is 0 Å². The summed E-state index contributed by atoms with van der Waals surface area (Å²) < 4.78 is 5.36. The summed E-state index contributed by atoms with van der Waals surface area (Å²) in [5.41, 5.74) is 9.66. The van der Waals surface area contributed by atoms with Crippen molar-refractivity contribution in [2.75, 3.05) is 65.6 Å². The van der Waals surface area contributed by atoms with Crippen LogP contribution in [0.15, 0.2) is 24.3 Å². The molecule has 2 fully saturated rings. The summed E-state index contributed by atoms with van der Waals surface area (Å²) in [5.74, 6) is -0.145. The average molecular weight is 580 g/mol. The van der Waals surface area contributed by atoms with Gasteiger partial charge < -0.3 is 25.3 Å². The van der Waals surface area contributed by atoms with Crippen LogP contribution in [0, 0.1) is 13.8 Å². The summed E-state index contributed by atoms with van der Waals surface area (Å²) in [6.07, 6.45) is 0.391. The van der Waals surface area contributed by atoms with E-state index in [1.165, 1.54) is 11.3 Å². The van der Waals surface area contributed by atoms with Gasteiger partial charge in [-0.1, -0.05) is 17.2 Å². The average Bonchev–Trinajstić information content (AvgIpc) is 3.51. The normalized spacial score (nSPS) is 17.3. The zero-order valence-electron chi connectivity index (χ0n) is 24.5. The monoisotopic (exact) mass is 579 g/mol. The number of nitrogens with two attached hydrogens (primary N) is 1. The first kappa shape index (κ1) is 29.4. The third-order valence-electron chi connectivity index (χ3n) is 8.35.